The zero-order chi connectivity index (χ0) is 28.7. The van der Waals surface area contributed by atoms with E-state index in [9.17, 15) is 0 Å². The minimum Gasteiger partial charge on any atom is -0.304 e. The molecular formula is C37H40IrN2Si-2. The third kappa shape index (κ3) is 8.19. The van der Waals surface area contributed by atoms with Crippen molar-refractivity contribution in [2.45, 2.75) is 59.5 Å². The Morgan fingerprint density at radius 2 is 1.29 bits per heavy atom. The molecular weight excluding hydrogens is 693 g/mol. The van der Waals surface area contributed by atoms with Crippen LogP contribution in [0.3, 0.4) is 0 Å². The molecule has 0 fully saturated rings. The Bertz CT molecular complexity index is 1500. The molecule has 0 amide bonds. The average molecular weight is 733 g/mol. The van der Waals surface area contributed by atoms with E-state index >= 15 is 0 Å². The summed E-state index contributed by atoms with van der Waals surface area (Å²) in [6.07, 6.45) is 3.93. The van der Waals surface area contributed by atoms with Crippen LogP contribution >= 0.6 is 0 Å². The third-order valence-electron chi connectivity index (χ3n) is 7.41. The zero-order valence-electron chi connectivity index (χ0n) is 25.2. The van der Waals surface area contributed by atoms with E-state index in [1.165, 1.54) is 27.1 Å². The summed E-state index contributed by atoms with van der Waals surface area (Å²) in [6.45, 7) is 15.8. The molecule has 213 valence electrons. The number of hydrogen-bond acceptors (Lipinski definition) is 2. The molecule has 0 saturated carbocycles. The van der Waals surface area contributed by atoms with E-state index < -0.39 is 8.07 Å². The molecule has 0 unspecified atom stereocenters. The summed E-state index contributed by atoms with van der Waals surface area (Å²) in [4.78, 5) is 9.06. The maximum Gasteiger partial charge on any atom is 0.0662 e. The predicted molar refractivity (Wildman–Crippen MR) is 173 cm³/mol. The quantitative estimate of drug-likeness (QED) is 0.129. The van der Waals surface area contributed by atoms with Crippen molar-refractivity contribution in [1.29, 1.82) is 0 Å². The molecule has 4 heteroatoms. The number of pyridine rings is 2. The van der Waals surface area contributed by atoms with E-state index in [0.29, 0.717) is 11.8 Å². The van der Waals surface area contributed by atoms with Crippen LogP contribution in [0.25, 0.3) is 22.5 Å². The molecule has 0 saturated heterocycles. The molecule has 0 atom stereocenters. The normalized spacial score (nSPS) is 11.0. The summed E-state index contributed by atoms with van der Waals surface area (Å²) in [6, 6.07) is 38.4. The minimum atomic E-state index is -1.68. The molecule has 0 bridgehead atoms. The number of nitrogens with zero attached hydrogens (tertiary/aromatic N) is 2. The first-order valence-electron chi connectivity index (χ1n) is 14.1. The van der Waals surface area contributed by atoms with Gasteiger partial charge in [0.05, 0.1) is 8.07 Å². The Balaban J connectivity index is 0.000000276. The molecule has 2 heterocycles. The molecule has 0 aliphatic carbocycles. The number of aromatic nitrogens is 2. The van der Waals surface area contributed by atoms with Crippen molar-refractivity contribution in [3.8, 4) is 22.5 Å². The van der Waals surface area contributed by atoms with Gasteiger partial charge in [0, 0.05) is 32.5 Å². The van der Waals surface area contributed by atoms with Gasteiger partial charge in [0.1, 0.15) is 0 Å². The topological polar surface area (TPSA) is 25.8 Å². The van der Waals surface area contributed by atoms with Gasteiger partial charge in [-0.2, -0.15) is 0 Å². The van der Waals surface area contributed by atoms with E-state index in [1.54, 1.807) is 0 Å². The van der Waals surface area contributed by atoms with E-state index in [4.69, 9.17) is 4.98 Å². The first-order valence-corrected chi connectivity index (χ1v) is 17.1. The number of hydrogen-bond donors (Lipinski definition) is 0. The van der Waals surface area contributed by atoms with Gasteiger partial charge in [0.15, 0.2) is 0 Å². The van der Waals surface area contributed by atoms with E-state index in [2.05, 4.69) is 125 Å². The van der Waals surface area contributed by atoms with Crippen LogP contribution in [0.1, 0.15) is 56.2 Å². The van der Waals surface area contributed by atoms with Gasteiger partial charge in [-0.3, -0.25) is 0 Å². The smallest absolute Gasteiger partial charge is 0.0662 e. The van der Waals surface area contributed by atoms with Crippen molar-refractivity contribution in [2.75, 3.05) is 0 Å². The van der Waals surface area contributed by atoms with Crippen LogP contribution in [0.2, 0.25) is 13.1 Å². The monoisotopic (exact) mass is 733 g/mol. The van der Waals surface area contributed by atoms with Gasteiger partial charge < -0.3 is 9.97 Å². The minimum absolute atomic E-state index is 0. The molecule has 0 aliphatic heterocycles. The number of rotatable bonds is 6. The maximum atomic E-state index is 4.74. The summed E-state index contributed by atoms with van der Waals surface area (Å²) in [7, 11) is -1.68. The summed E-state index contributed by atoms with van der Waals surface area (Å²) in [5, 5.41) is 2.85. The van der Waals surface area contributed by atoms with Crippen LogP contribution < -0.4 is 10.4 Å². The Kier molecular flexibility index (Phi) is 11.5. The van der Waals surface area contributed by atoms with E-state index in [-0.39, 0.29) is 20.1 Å². The van der Waals surface area contributed by atoms with Crippen LogP contribution in [0.4, 0.5) is 0 Å². The van der Waals surface area contributed by atoms with Crippen molar-refractivity contribution >= 4 is 18.4 Å². The Labute approximate surface area is 261 Å². The molecule has 2 nitrogen and oxygen atoms in total. The Morgan fingerprint density at radius 3 is 1.85 bits per heavy atom. The maximum absolute atomic E-state index is 4.74. The molecule has 1 radical (unpaired) electrons. The number of aryl methyl sites for hydroxylation is 1. The standard InChI is InChI=1S/C25H30NSi.C12H10N.Ir/c1-18(2)23-16-25(26-17-24(23)19(3)4)20-12-14-22(15-13-20)27(5,6)21-10-8-7-9-11-21;1-10-7-8-12(13-9-10)11-5-3-2-4-6-11;/h7-12,14-19H,1-6H3;2-5,7-9H,1H3;/q2*-1;. The fourth-order valence-electron chi connectivity index (χ4n) is 4.79. The molecule has 5 aromatic rings. The first kappa shape index (κ1) is 32.3. The van der Waals surface area contributed by atoms with Gasteiger partial charge in [0.2, 0.25) is 0 Å². The van der Waals surface area contributed by atoms with Gasteiger partial charge in [-0.1, -0.05) is 94.5 Å². The second-order valence-electron chi connectivity index (χ2n) is 11.5. The van der Waals surface area contributed by atoms with Crippen LogP contribution in [-0.2, 0) is 20.1 Å². The Morgan fingerprint density at radius 1 is 0.634 bits per heavy atom. The molecule has 0 aliphatic rings. The van der Waals surface area contributed by atoms with Gasteiger partial charge in [-0.15, -0.1) is 70.9 Å². The fourth-order valence-corrected chi connectivity index (χ4v) is 7.08. The van der Waals surface area contributed by atoms with Gasteiger partial charge in [0.25, 0.3) is 0 Å². The van der Waals surface area contributed by atoms with E-state index in [0.717, 1.165) is 22.5 Å². The van der Waals surface area contributed by atoms with E-state index in [1.807, 2.05) is 43.5 Å². The average Bonchev–Trinajstić information content (AvgIpc) is 2.98. The molecule has 0 spiro atoms. The molecule has 0 N–H and O–H groups in total. The van der Waals surface area contributed by atoms with Crippen molar-refractivity contribution in [1.82, 2.24) is 9.97 Å². The molecule has 5 rings (SSSR count). The summed E-state index contributed by atoms with van der Waals surface area (Å²) in [5.74, 6) is 0.987. The van der Waals surface area contributed by atoms with Gasteiger partial charge >= 0.3 is 0 Å². The summed E-state index contributed by atoms with van der Waals surface area (Å²) in [5.41, 5.74) is 8.05. The van der Waals surface area contributed by atoms with Crippen LogP contribution in [0, 0.1) is 19.1 Å². The molecule has 2 aromatic heterocycles. The van der Waals surface area contributed by atoms with Crippen molar-refractivity contribution in [2.24, 2.45) is 0 Å². The zero-order valence-corrected chi connectivity index (χ0v) is 28.6. The van der Waals surface area contributed by atoms with Crippen molar-refractivity contribution in [3.63, 3.8) is 0 Å². The van der Waals surface area contributed by atoms with Crippen LogP contribution in [-0.4, -0.2) is 18.0 Å². The van der Waals surface area contributed by atoms with Gasteiger partial charge in [-0.05, 0) is 46.8 Å². The van der Waals surface area contributed by atoms with Crippen molar-refractivity contribution < 1.29 is 20.1 Å². The van der Waals surface area contributed by atoms with Gasteiger partial charge in [-0.25, -0.2) is 0 Å². The van der Waals surface area contributed by atoms with Crippen LogP contribution in [0.5, 0.6) is 0 Å². The fraction of sp³-hybridized carbons (Fsp3) is 0.243. The second-order valence-corrected chi connectivity index (χ2v) is 15.9. The third-order valence-corrected chi connectivity index (χ3v) is 10.9. The number of benzene rings is 3. The van der Waals surface area contributed by atoms with Crippen molar-refractivity contribution in [3.05, 3.63) is 132 Å². The second kappa shape index (κ2) is 14.6. The molecule has 41 heavy (non-hydrogen) atoms. The largest absolute Gasteiger partial charge is 0.304 e. The summed E-state index contributed by atoms with van der Waals surface area (Å²) < 4.78 is 0. The van der Waals surface area contributed by atoms with Crippen LogP contribution in [0.15, 0.2) is 103 Å². The Hall–Kier alpha value is -3.17. The predicted octanol–water partition coefficient (Wildman–Crippen LogP) is 8.47. The SMILES string of the molecule is CC(C)c1cnc(-c2[c-]cc([Si](C)(C)c3ccccc3)cc2)cc1C(C)C.Cc1ccc(-c2[c-]cccc2)nc1.[Ir]. The first-order chi connectivity index (χ1) is 19.2. The summed E-state index contributed by atoms with van der Waals surface area (Å²) >= 11 is 0. The molecule has 3 aromatic carbocycles.